The summed E-state index contributed by atoms with van der Waals surface area (Å²) in [6.45, 7) is 3.13. The smallest absolute Gasteiger partial charge is 0.335 e. The van der Waals surface area contributed by atoms with Crippen LogP contribution in [0.4, 0.5) is 0 Å². The standard InChI is InChI=1S/C26H36N2O11/c1-3-37-24(35)16(12-11-15-8-5-4-6-9-15)27-14(2)22(32)28-13-7-10-17(28)25(36)39-26-20(31)18(29)19(30)21(38-26)23(33)34/h4-6,8-9,14,16-21,26-27,29-31H,3,7,10-13H2,1-2H3,(H,33,34)/t14-,16-,17-,18-,19-,20+,21-,26-/m0/s1/i4D,5D,6D,8D,9D. The first-order valence-corrected chi connectivity index (χ1v) is 12.5. The fraction of sp³-hybridized carbons (Fsp3) is 0.615. The number of hydrogen-bond donors (Lipinski definition) is 5. The van der Waals surface area contributed by atoms with Gasteiger partial charge in [0.25, 0.3) is 0 Å². The predicted octanol–water partition coefficient (Wildman–Crippen LogP) is -1.04. The molecule has 2 fully saturated rings. The van der Waals surface area contributed by atoms with Gasteiger partial charge >= 0.3 is 17.9 Å². The molecule has 0 saturated carbocycles. The molecule has 0 unspecified atom stereocenters. The van der Waals surface area contributed by atoms with Crippen molar-refractivity contribution < 1.29 is 60.7 Å². The maximum atomic E-state index is 13.4. The Balaban J connectivity index is 1.71. The second-order valence-corrected chi connectivity index (χ2v) is 9.20. The number of esters is 2. The normalized spacial score (nSPS) is 30.2. The maximum absolute atomic E-state index is 13.4. The zero-order valence-corrected chi connectivity index (χ0v) is 21.5. The average Bonchev–Trinajstić information content (AvgIpc) is 3.48. The number of nitrogens with zero attached hydrogens (tertiary/aromatic N) is 1. The molecule has 5 N–H and O–H groups in total. The van der Waals surface area contributed by atoms with E-state index in [0.29, 0.717) is 6.42 Å². The molecule has 0 aromatic heterocycles. The van der Waals surface area contributed by atoms with Crippen LogP contribution in [0.5, 0.6) is 0 Å². The Morgan fingerprint density at radius 3 is 2.49 bits per heavy atom. The topological polar surface area (TPSA) is 192 Å². The van der Waals surface area contributed by atoms with Gasteiger partial charge in [0.2, 0.25) is 12.2 Å². The SMILES string of the molecule is [2H]c1c([2H])c([2H])c(CC[C@H](N[C@@H](C)C(=O)N2CCC[C@H]2C(=O)O[C@@H]2O[C@H](C(=O)O)[C@@H](O)[C@H](O)[C@H]2O)C(=O)OCC)c([2H])c1[2H]. The van der Waals surface area contributed by atoms with Crippen molar-refractivity contribution in [1.29, 1.82) is 0 Å². The minimum absolute atomic E-state index is 0.0108. The Morgan fingerprint density at radius 2 is 1.85 bits per heavy atom. The van der Waals surface area contributed by atoms with Crippen LogP contribution in [-0.2, 0) is 39.8 Å². The summed E-state index contributed by atoms with van der Waals surface area (Å²) >= 11 is 0. The molecule has 0 aliphatic carbocycles. The molecular weight excluding hydrogens is 516 g/mol. The number of ether oxygens (including phenoxy) is 3. The highest BCUT2D eigenvalue weighted by Gasteiger charge is 2.49. The largest absolute Gasteiger partial charge is 0.479 e. The van der Waals surface area contributed by atoms with E-state index in [0.717, 1.165) is 0 Å². The maximum Gasteiger partial charge on any atom is 0.335 e. The van der Waals surface area contributed by atoms with Crippen molar-refractivity contribution in [2.45, 2.75) is 88.4 Å². The van der Waals surface area contributed by atoms with Crippen LogP contribution in [0, 0.1) is 0 Å². The summed E-state index contributed by atoms with van der Waals surface area (Å²) < 4.78 is 54.9. The fourth-order valence-corrected chi connectivity index (χ4v) is 4.44. The van der Waals surface area contributed by atoms with Crippen LogP contribution in [0.2, 0.25) is 0 Å². The Morgan fingerprint density at radius 1 is 1.15 bits per heavy atom. The Bertz CT molecular complexity index is 1240. The fourth-order valence-electron chi connectivity index (χ4n) is 4.44. The van der Waals surface area contributed by atoms with Crippen LogP contribution in [0.1, 0.15) is 45.5 Å². The molecule has 1 aromatic rings. The van der Waals surface area contributed by atoms with Gasteiger partial charge in [0, 0.05) is 6.54 Å². The predicted molar refractivity (Wildman–Crippen MR) is 133 cm³/mol. The van der Waals surface area contributed by atoms with Gasteiger partial charge in [-0.25, -0.2) is 9.59 Å². The van der Waals surface area contributed by atoms with Crippen LogP contribution in [0.15, 0.2) is 30.2 Å². The number of amides is 1. The molecule has 2 aliphatic heterocycles. The summed E-state index contributed by atoms with van der Waals surface area (Å²) in [7, 11) is 0. The van der Waals surface area contributed by atoms with E-state index in [1.807, 2.05) is 0 Å². The van der Waals surface area contributed by atoms with Crippen molar-refractivity contribution in [3.05, 3.63) is 35.8 Å². The molecular formula is C26H36N2O11. The second-order valence-electron chi connectivity index (χ2n) is 9.20. The Labute approximate surface area is 232 Å². The van der Waals surface area contributed by atoms with E-state index in [1.165, 1.54) is 11.8 Å². The van der Waals surface area contributed by atoms with Gasteiger partial charge in [-0.15, -0.1) is 0 Å². The van der Waals surface area contributed by atoms with E-state index in [2.05, 4.69) is 5.32 Å². The van der Waals surface area contributed by atoms with Crippen molar-refractivity contribution in [1.82, 2.24) is 10.2 Å². The number of carboxylic acids is 1. The Hall–Kier alpha value is -3.10. The van der Waals surface area contributed by atoms with Crippen LogP contribution < -0.4 is 5.32 Å². The number of likely N-dealkylation sites (tertiary alicyclic amines) is 1. The number of nitrogens with one attached hydrogen (secondary N) is 1. The lowest BCUT2D eigenvalue weighted by Crippen LogP contribution is -2.61. The number of carbonyl (C=O) groups excluding carboxylic acids is 3. The lowest BCUT2D eigenvalue weighted by Gasteiger charge is -2.38. The zero-order valence-electron chi connectivity index (χ0n) is 26.5. The molecule has 8 atom stereocenters. The first-order valence-electron chi connectivity index (χ1n) is 15.0. The van der Waals surface area contributed by atoms with Gasteiger partial charge in [-0.2, -0.15) is 0 Å². The molecule has 1 amide bonds. The van der Waals surface area contributed by atoms with Crippen molar-refractivity contribution >= 4 is 23.8 Å². The lowest BCUT2D eigenvalue weighted by atomic mass is 9.99. The number of hydrogen-bond acceptors (Lipinski definition) is 11. The summed E-state index contributed by atoms with van der Waals surface area (Å²) in [6, 6.07) is -5.81. The molecule has 2 heterocycles. The highest BCUT2D eigenvalue weighted by Crippen LogP contribution is 2.26. The highest BCUT2D eigenvalue weighted by atomic mass is 16.7. The molecule has 13 heteroatoms. The minimum Gasteiger partial charge on any atom is -0.479 e. The molecule has 0 spiro atoms. The van der Waals surface area contributed by atoms with Crippen molar-refractivity contribution in [3.8, 4) is 0 Å². The summed E-state index contributed by atoms with van der Waals surface area (Å²) in [4.78, 5) is 51.7. The van der Waals surface area contributed by atoms with E-state index < -0.39 is 103 Å². The highest BCUT2D eigenvalue weighted by molar-refractivity contribution is 5.88. The number of aliphatic hydroxyl groups is 3. The first-order chi connectivity index (χ1) is 20.6. The minimum atomic E-state index is -1.99. The van der Waals surface area contributed by atoms with Crippen LogP contribution in [0.25, 0.3) is 0 Å². The third-order valence-electron chi connectivity index (χ3n) is 6.48. The molecule has 3 rings (SSSR count). The summed E-state index contributed by atoms with van der Waals surface area (Å²) in [6.07, 6.45) is -9.56. The van der Waals surface area contributed by atoms with Crippen molar-refractivity contribution in [2.75, 3.05) is 13.2 Å². The van der Waals surface area contributed by atoms with Crippen LogP contribution >= 0.6 is 0 Å². The third kappa shape index (κ3) is 7.51. The van der Waals surface area contributed by atoms with E-state index in [-0.39, 0.29) is 38.0 Å². The molecule has 39 heavy (non-hydrogen) atoms. The first kappa shape index (κ1) is 23.8. The van der Waals surface area contributed by atoms with Crippen LogP contribution in [-0.4, -0.2) is 111 Å². The third-order valence-corrected chi connectivity index (χ3v) is 6.48. The van der Waals surface area contributed by atoms with Crippen molar-refractivity contribution in [2.24, 2.45) is 0 Å². The number of benzene rings is 1. The van der Waals surface area contributed by atoms with E-state index in [9.17, 15) is 39.6 Å². The quantitative estimate of drug-likeness (QED) is 0.208. The van der Waals surface area contributed by atoms with E-state index >= 15 is 0 Å². The molecule has 0 bridgehead atoms. The molecule has 1 aromatic carbocycles. The zero-order chi connectivity index (χ0) is 33.0. The van der Waals surface area contributed by atoms with Crippen LogP contribution in [0.3, 0.4) is 0 Å². The van der Waals surface area contributed by atoms with Gasteiger partial charge in [-0.3, -0.25) is 14.9 Å². The van der Waals surface area contributed by atoms with Gasteiger partial charge in [0.05, 0.1) is 19.5 Å². The van der Waals surface area contributed by atoms with Gasteiger partial charge in [-0.1, -0.05) is 30.2 Å². The summed E-state index contributed by atoms with van der Waals surface area (Å²) in [5, 5.41) is 42.0. The second kappa shape index (κ2) is 13.8. The number of aliphatic carboxylic acids is 1. The molecule has 2 saturated heterocycles. The van der Waals surface area contributed by atoms with E-state index in [4.69, 9.17) is 21.1 Å². The van der Waals surface area contributed by atoms with Crippen molar-refractivity contribution in [3.63, 3.8) is 0 Å². The number of carboxylic acid groups (broad SMARTS) is 1. The molecule has 2 aliphatic rings. The average molecular weight is 558 g/mol. The summed E-state index contributed by atoms with van der Waals surface area (Å²) in [5.41, 5.74) is -0.0108. The monoisotopic (exact) mass is 557 g/mol. The summed E-state index contributed by atoms with van der Waals surface area (Å²) in [5.74, 6) is -4.08. The number of carbonyl (C=O) groups is 4. The van der Waals surface area contributed by atoms with Gasteiger partial charge in [0.1, 0.15) is 30.4 Å². The number of rotatable bonds is 11. The van der Waals surface area contributed by atoms with Gasteiger partial charge in [0.15, 0.2) is 6.10 Å². The molecule has 13 nitrogen and oxygen atoms in total. The molecule has 216 valence electrons. The number of aliphatic hydroxyl groups excluding tert-OH is 3. The molecule has 0 radical (unpaired) electrons. The van der Waals surface area contributed by atoms with Gasteiger partial charge in [-0.05, 0) is 45.1 Å². The van der Waals surface area contributed by atoms with E-state index in [1.54, 1.807) is 6.92 Å². The lowest BCUT2D eigenvalue weighted by molar-refractivity contribution is -0.287. The van der Waals surface area contributed by atoms with Gasteiger partial charge < -0.3 is 39.5 Å². The Kier molecular flexibility index (Phi) is 8.41.